The van der Waals surface area contributed by atoms with Crippen molar-refractivity contribution in [2.45, 2.75) is 38.6 Å². The molecule has 110 valence electrons. The molecule has 20 heavy (non-hydrogen) atoms. The summed E-state index contributed by atoms with van der Waals surface area (Å²) in [6.07, 6.45) is 4.04. The quantitative estimate of drug-likeness (QED) is 0.793. The summed E-state index contributed by atoms with van der Waals surface area (Å²) in [5.41, 5.74) is 6.27. The largest absolute Gasteiger partial charge is 0.494 e. The molecule has 1 fully saturated rings. The van der Waals surface area contributed by atoms with Gasteiger partial charge in [-0.2, -0.15) is 0 Å². The first kappa shape index (κ1) is 14.9. The van der Waals surface area contributed by atoms with E-state index < -0.39 is 0 Å². The van der Waals surface area contributed by atoms with Gasteiger partial charge in [0.1, 0.15) is 5.75 Å². The number of ether oxygens (including phenoxy) is 1. The van der Waals surface area contributed by atoms with Crippen LogP contribution in [0.4, 0.5) is 0 Å². The van der Waals surface area contributed by atoms with E-state index in [9.17, 15) is 4.79 Å². The molecule has 1 aliphatic carbocycles. The van der Waals surface area contributed by atoms with Crippen molar-refractivity contribution in [3.8, 4) is 5.75 Å². The highest BCUT2D eigenvalue weighted by Crippen LogP contribution is 2.29. The van der Waals surface area contributed by atoms with Crippen molar-refractivity contribution in [1.82, 2.24) is 4.90 Å². The zero-order chi connectivity index (χ0) is 14.4. The minimum atomic E-state index is 0.0999. The number of benzene rings is 1. The molecule has 0 radical (unpaired) electrons. The predicted molar refractivity (Wildman–Crippen MR) is 80.0 cm³/mol. The molecule has 0 saturated heterocycles. The van der Waals surface area contributed by atoms with Gasteiger partial charge in [0.05, 0.1) is 6.61 Å². The van der Waals surface area contributed by atoms with E-state index in [4.69, 9.17) is 10.5 Å². The van der Waals surface area contributed by atoms with Gasteiger partial charge in [0.25, 0.3) is 5.91 Å². The molecule has 1 aliphatic rings. The lowest BCUT2D eigenvalue weighted by Gasteiger charge is -2.22. The summed E-state index contributed by atoms with van der Waals surface area (Å²) >= 11 is 0. The van der Waals surface area contributed by atoms with E-state index in [1.54, 1.807) is 0 Å². The fraction of sp³-hybridized carbons (Fsp3) is 0.562. The Morgan fingerprint density at radius 2 is 2.25 bits per heavy atom. The van der Waals surface area contributed by atoms with E-state index >= 15 is 0 Å². The molecule has 0 spiro atoms. The van der Waals surface area contributed by atoms with Crippen LogP contribution in [0.1, 0.15) is 43.0 Å². The van der Waals surface area contributed by atoms with Crippen molar-refractivity contribution in [2.75, 3.05) is 19.7 Å². The molecule has 2 rings (SSSR count). The molecule has 0 heterocycles. The second kappa shape index (κ2) is 7.29. The van der Waals surface area contributed by atoms with Crippen molar-refractivity contribution in [1.29, 1.82) is 0 Å². The lowest BCUT2D eigenvalue weighted by molar-refractivity contribution is 0.0741. The van der Waals surface area contributed by atoms with Crippen LogP contribution in [0.3, 0.4) is 0 Å². The Kier molecular flexibility index (Phi) is 5.41. The number of rotatable bonds is 8. The van der Waals surface area contributed by atoms with E-state index in [2.05, 4.69) is 6.92 Å². The standard InChI is InChI=1S/C16H24N2O2/c1-2-11-20-15-6-3-5-13(12-15)16(19)18(10-4-9-17)14-7-8-14/h3,5-6,12,14H,2,4,7-11,17H2,1H3. The molecule has 2 N–H and O–H groups in total. The van der Waals surface area contributed by atoms with Crippen molar-refractivity contribution in [3.05, 3.63) is 29.8 Å². The van der Waals surface area contributed by atoms with Gasteiger partial charge in [0, 0.05) is 18.2 Å². The minimum absolute atomic E-state index is 0.0999. The highest BCUT2D eigenvalue weighted by atomic mass is 16.5. The smallest absolute Gasteiger partial charge is 0.254 e. The van der Waals surface area contributed by atoms with Crippen LogP contribution in [0, 0.1) is 0 Å². The van der Waals surface area contributed by atoms with Crippen LogP contribution in [-0.4, -0.2) is 36.5 Å². The number of hydrogen-bond donors (Lipinski definition) is 1. The Bertz CT molecular complexity index is 444. The zero-order valence-corrected chi connectivity index (χ0v) is 12.2. The normalized spacial score (nSPS) is 14.1. The van der Waals surface area contributed by atoms with Gasteiger partial charge in [-0.15, -0.1) is 0 Å². The lowest BCUT2D eigenvalue weighted by Crippen LogP contribution is -2.34. The highest BCUT2D eigenvalue weighted by molar-refractivity contribution is 5.95. The number of hydrogen-bond acceptors (Lipinski definition) is 3. The summed E-state index contributed by atoms with van der Waals surface area (Å²) in [5, 5.41) is 0. The summed E-state index contributed by atoms with van der Waals surface area (Å²) in [4.78, 5) is 14.6. The number of amides is 1. The first-order valence-corrected chi connectivity index (χ1v) is 7.50. The molecule has 4 heteroatoms. The molecule has 0 aliphatic heterocycles. The maximum absolute atomic E-state index is 12.6. The average molecular weight is 276 g/mol. The van der Waals surface area contributed by atoms with E-state index in [1.807, 2.05) is 29.2 Å². The van der Waals surface area contributed by atoms with Crippen LogP contribution in [-0.2, 0) is 0 Å². The average Bonchev–Trinajstić information content (AvgIpc) is 3.30. The van der Waals surface area contributed by atoms with Crippen molar-refractivity contribution in [3.63, 3.8) is 0 Å². The molecule has 0 atom stereocenters. The maximum Gasteiger partial charge on any atom is 0.254 e. The molecule has 0 bridgehead atoms. The summed E-state index contributed by atoms with van der Waals surface area (Å²) in [5.74, 6) is 0.871. The molecule has 0 unspecified atom stereocenters. The van der Waals surface area contributed by atoms with Gasteiger partial charge in [-0.3, -0.25) is 4.79 Å². The Morgan fingerprint density at radius 1 is 1.45 bits per heavy atom. The van der Waals surface area contributed by atoms with E-state index in [0.717, 1.165) is 38.0 Å². The van der Waals surface area contributed by atoms with Crippen LogP contribution < -0.4 is 10.5 Å². The second-order valence-corrected chi connectivity index (χ2v) is 5.25. The number of nitrogens with two attached hydrogens (primary N) is 1. The van der Waals surface area contributed by atoms with Gasteiger partial charge >= 0.3 is 0 Å². The highest BCUT2D eigenvalue weighted by Gasteiger charge is 2.32. The molecule has 1 amide bonds. The topological polar surface area (TPSA) is 55.6 Å². The van der Waals surface area contributed by atoms with Crippen LogP contribution in [0.25, 0.3) is 0 Å². The first-order chi connectivity index (χ1) is 9.76. The van der Waals surface area contributed by atoms with E-state index in [-0.39, 0.29) is 5.91 Å². The summed E-state index contributed by atoms with van der Waals surface area (Å²) < 4.78 is 5.59. The Hall–Kier alpha value is -1.55. The summed E-state index contributed by atoms with van der Waals surface area (Å²) in [6, 6.07) is 7.89. The Balaban J connectivity index is 2.05. The summed E-state index contributed by atoms with van der Waals surface area (Å²) in [7, 11) is 0. The zero-order valence-electron chi connectivity index (χ0n) is 12.2. The molecular weight excluding hydrogens is 252 g/mol. The summed E-state index contributed by atoms with van der Waals surface area (Å²) in [6.45, 7) is 4.12. The first-order valence-electron chi connectivity index (χ1n) is 7.50. The predicted octanol–water partition coefficient (Wildman–Crippen LogP) is 2.43. The van der Waals surface area contributed by atoms with Gasteiger partial charge in [-0.1, -0.05) is 13.0 Å². The lowest BCUT2D eigenvalue weighted by atomic mass is 10.1. The van der Waals surface area contributed by atoms with Gasteiger partial charge in [0.15, 0.2) is 0 Å². The monoisotopic (exact) mass is 276 g/mol. The third kappa shape index (κ3) is 3.97. The van der Waals surface area contributed by atoms with Gasteiger partial charge in [-0.25, -0.2) is 0 Å². The van der Waals surface area contributed by atoms with E-state index in [1.165, 1.54) is 0 Å². The van der Waals surface area contributed by atoms with Crippen molar-refractivity contribution < 1.29 is 9.53 Å². The molecule has 1 saturated carbocycles. The third-order valence-electron chi connectivity index (χ3n) is 3.41. The molecule has 1 aromatic rings. The molecule has 0 aromatic heterocycles. The van der Waals surface area contributed by atoms with Crippen LogP contribution in [0.15, 0.2) is 24.3 Å². The molecule has 1 aromatic carbocycles. The van der Waals surface area contributed by atoms with Gasteiger partial charge in [-0.05, 0) is 50.4 Å². The second-order valence-electron chi connectivity index (χ2n) is 5.25. The minimum Gasteiger partial charge on any atom is -0.494 e. The van der Waals surface area contributed by atoms with Gasteiger partial charge < -0.3 is 15.4 Å². The number of carbonyl (C=O) groups is 1. The Labute approximate surface area is 120 Å². The van der Waals surface area contributed by atoms with Gasteiger partial charge in [0.2, 0.25) is 0 Å². The fourth-order valence-electron chi connectivity index (χ4n) is 2.20. The van der Waals surface area contributed by atoms with E-state index in [0.29, 0.717) is 24.8 Å². The number of carbonyl (C=O) groups excluding carboxylic acids is 1. The van der Waals surface area contributed by atoms with Crippen LogP contribution in [0.5, 0.6) is 5.75 Å². The van der Waals surface area contributed by atoms with Crippen molar-refractivity contribution >= 4 is 5.91 Å². The maximum atomic E-state index is 12.6. The molecular formula is C16H24N2O2. The van der Waals surface area contributed by atoms with Crippen molar-refractivity contribution in [2.24, 2.45) is 5.73 Å². The van der Waals surface area contributed by atoms with Crippen LogP contribution in [0.2, 0.25) is 0 Å². The number of nitrogens with zero attached hydrogens (tertiary/aromatic N) is 1. The Morgan fingerprint density at radius 3 is 2.90 bits per heavy atom. The SMILES string of the molecule is CCCOc1cccc(C(=O)N(CCCN)C2CC2)c1. The third-order valence-corrected chi connectivity index (χ3v) is 3.41. The fourth-order valence-corrected chi connectivity index (χ4v) is 2.20. The van der Waals surface area contributed by atoms with Crippen LogP contribution >= 0.6 is 0 Å². The molecule has 4 nitrogen and oxygen atoms in total.